The van der Waals surface area contributed by atoms with E-state index in [9.17, 15) is 54.5 Å². The van der Waals surface area contributed by atoms with E-state index < -0.39 is 64.9 Å². The Morgan fingerprint density at radius 1 is 0.682 bits per heavy atom. The summed E-state index contributed by atoms with van der Waals surface area (Å²) in [5.74, 6) is -1.06. The maximum Gasteiger partial charge on any atom is 0.416 e. The molecular weight excluding hydrogens is 656 g/mol. The number of hydrogen-bond donors (Lipinski definition) is 2. The molecule has 3 atom stereocenters. The van der Waals surface area contributed by atoms with Crippen LogP contribution in [-0.4, -0.2) is 94.9 Å². The first kappa shape index (κ1) is 37.9. The molecule has 2 N–H and O–H groups in total. The Bertz CT molecular complexity index is 1220. The van der Waals surface area contributed by atoms with Crippen molar-refractivity contribution in [3.8, 4) is 0 Å². The van der Waals surface area contributed by atoms with Crippen LogP contribution in [-0.2, 0) is 24.9 Å². The van der Waals surface area contributed by atoms with E-state index in [0.29, 0.717) is 30.8 Å². The van der Waals surface area contributed by atoms with Gasteiger partial charge in [0, 0.05) is 57.4 Å². The van der Waals surface area contributed by atoms with Crippen LogP contribution < -0.4 is 0 Å². The van der Waals surface area contributed by atoms with Crippen molar-refractivity contribution in [2.75, 3.05) is 45.8 Å². The first-order chi connectivity index (χ1) is 19.4. The van der Waals surface area contributed by atoms with E-state index in [-0.39, 0.29) is 70.0 Å². The SMILES string of the molecule is Cl.Cl.O=C(c1cc(C(F)(F)F)cc(C(F)(F)F)c1)N1CCN(CCN2C[C@H](O)[C@@H](O)C2)C[C@H]1Cc1ccc(C(F)(F)F)cc1. The normalized spacial score (nSPS) is 22.0. The molecule has 17 heteroatoms. The Hall–Kier alpha value is -2.30. The molecular formula is C27H30Cl2F9N3O3. The number of carbonyl (C=O) groups excluding carboxylic acids is 1. The lowest BCUT2D eigenvalue weighted by Crippen LogP contribution is -2.57. The Morgan fingerprint density at radius 3 is 1.64 bits per heavy atom. The van der Waals surface area contributed by atoms with Gasteiger partial charge >= 0.3 is 18.5 Å². The van der Waals surface area contributed by atoms with Crippen LogP contribution in [0.5, 0.6) is 0 Å². The molecule has 1 amide bonds. The zero-order valence-corrected chi connectivity index (χ0v) is 24.4. The monoisotopic (exact) mass is 685 g/mol. The van der Waals surface area contributed by atoms with Gasteiger partial charge in [-0.2, -0.15) is 39.5 Å². The maximum absolute atomic E-state index is 13.5. The van der Waals surface area contributed by atoms with Crippen LogP contribution >= 0.6 is 24.8 Å². The molecule has 44 heavy (non-hydrogen) atoms. The highest BCUT2D eigenvalue weighted by molar-refractivity contribution is 5.95. The largest absolute Gasteiger partial charge is 0.416 e. The van der Waals surface area contributed by atoms with E-state index in [1.165, 1.54) is 12.1 Å². The van der Waals surface area contributed by atoms with Crippen molar-refractivity contribution in [1.29, 1.82) is 0 Å². The van der Waals surface area contributed by atoms with Gasteiger partial charge in [0.25, 0.3) is 5.91 Å². The Kier molecular flexibility index (Phi) is 12.4. The fraction of sp³-hybridized carbons (Fsp3) is 0.519. The number of hydrogen-bond acceptors (Lipinski definition) is 5. The number of benzene rings is 2. The molecule has 2 heterocycles. The van der Waals surface area contributed by atoms with Crippen molar-refractivity contribution in [3.05, 3.63) is 70.3 Å². The van der Waals surface area contributed by atoms with Crippen molar-refractivity contribution >= 4 is 30.7 Å². The molecule has 2 aliphatic rings. The van der Waals surface area contributed by atoms with Gasteiger partial charge in [0.15, 0.2) is 0 Å². The molecule has 2 fully saturated rings. The van der Waals surface area contributed by atoms with Gasteiger partial charge in [-0.3, -0.25) is 14.6 Å². The Labute approximate surface area is 259 Å². The number of aliphatic hydroxyl groups excluding tert-OH is 2. The molecule has 0 aliphatic carbocycles. The van der Waals surface area contributed by atoms with Gasteiger partial charge in [0.2, 0.25) is 0 Å². The predicted molar refractivity (Wildman–Crippen MR) is 146 cm³/mol. The highest BCUT2D eigenvalue weighted by Gasteiger charge is 2.39. The first-order valence-corrected chi connectivity index (χ1v) is 13.0. The summed E-state index contributed by atoms with van der Waals surface area (Å²) in [6, 6.07) is 4.00. The van der Waals surface area contributed by atoms with Crippen molar-refractivity contribution in [2.45, 2.75) is 43.2 Å². The topological polar surface area (TPSA) is 67.3 Å². The minimum absolute atomic E-state index is 0. The molecule has 2 aromatic rings. The number of rotatable bonds is 6. The van der Waals surface area contributed by atoms with Crippen LogP contribution in [0.2, 0.25) is 0 Å². The summed E-state index contributed by atoms with van der Waals surface area (Å²) >= 11 is 0. The van der Waals surface area contributed by atoms with Crippen LogP contribution in [0.15, 0.2) is 42.5 Å². The quantitative estimate of drug-likeness (QED) is 0.420. The smallest absolute Gasteiger partial charge is 0.389 e. The maximum atomic E-state index is 13.5. The molecule has 0 radical (unpaired) electrons. The molecule has 0 bridgehead atoms. The average molecular weight is 686 g/mol. The second kappa shape index (κ2) is 14.4. The highest BCUT2D eigenvalue weighted by Crippen LogP contribution is 2.37. The highest BCUT2D eigenvalue weighted by atomic mass is 35.5. The molecule has 0 aromatic heterocycles. The number of β-amino-alcohol motifs (C(OH)–C–C–N with tert-alkyl or cyclic N) is 2. The average Bonchev–Trinajstić information content (AvgIpc) is 3.22. The van der Waals surface area contributed by atoms with Crippen LogP contribution in [0.1, 0.15) is 32.6 Å². The lowest BCUT2D eigenvalue weighted by Gasteiger charge is -2.42. The minimum atomic E-state index is -5.15. The van der Waals surface area contributed by atoms with Gasteiger partial charge < -0.3 is 15.1 Å². The zero-order valence-electron chi connectivity index (χ0n) is 22.8. The van der Waals surface area contributed by atoms with E-state index in [0.717, 1.165) is 17.0 Å². The number of halogens is 11. The number of piperazine rings is 1. The third-order valence-electron chi connectivity index (χ3n) is 7.48. The van der Waals surface area contributed by atoms with Gasteiger partial charge in [-0.15, -0.1) is 24.8 Å². The van der Waals surface area contributed by atoms with Gasteiger partial charge in [0.05, 0.1) is 28.9 Å². The molecule has 2 aliphatic heterocycles. The Balaban J connectivity index is 0.00000337. The second-order valence-corrected chi connectivity index (χ2v) is 10.5. The fourth-order valence-corrected chi connectivity index (χ4v) is 5.22. The van der Waals surface area contributed by atoms with Crippen LogP contribution in [0, 0.1) is 0 Å². The number of aliphatic hydroxyl groups is 2. The molecule has 4 rings (SSSR count). The van der Waals surface area contributed by atoms with E-state index in [1.807, 2.05) is 9.80 Å². The standard InChI is InChI=1S/C27H28F9N3O3.2ClH/c28-25(29,30)18-3-1-16(2-4-18)9-21-13-37(5-6-38-14-22(40)23(41)15-38)7-8-39(21)24(42)17-10-19(26(31,32)33)12-20(11-17)27(34,35)36;;/h1-4,10-12,21-23,40-41H,5-9,13-15H2;2*1H/t21-,22+,23+;;/m1../s1. The van der Waals surface area contributed by atoms with Crippen molar-refractivity contribution < 1.29 is 54.5 Å². The molecule has 2 aromatic carbocycles. The minimum Gasteiger partial charge on any atom is -0.389 e. The number of amides is 1. The molecule has 248 valence electrons. The molecule has 2 saturated heterocycles. The summed E-state index contributed by atoms with van der Waals surface area (Å²) in [5, 5.41) is 19.5. The summed E-state index contributed by atoms with van der Waals surface area (Å²) < 4.78 is 120. The van der Waals surface area contributed by atoms with Gasteiger partial charge in [-0.1, -0.05) is 12.1 Å². The van der Waals surface area contributed by atoms with Crippen LogP contribution in [0.25, 0.3) is 0 Å². The number of likely N-dealkylation sites (tertiary alicyclic amines) is 1. The lowest BCUT2D eigenvalue weighted by atomic mass is 9.98. The third-order valence-corrected chi connectivity index (χ3v) is 7.48. The van der Waals surface area contributed by atoms with Gasteiger partial charge in [0.1, 0.15) is 0 Å². The van der Waals surface area contributed by atoms with E-state index in [1.54, 1.807) is 0 Å². The summed E-state index contributed by atoms with van der Waals surface area (Å²) in [5.41, 5.74) is -4.58. The molecule has 6 nitrogen and oxygen atoms in total. The Morgan fingerprint density at radius 2 is 1.16 bits per heavy atom. The van der Waals surface area contributed by atoms with E-state index in [4.69, 9.17) is 0 Å². The van der Waals surface area contributed by atoms with E-state index >= 15 is 0 Å². The fourth-order valence-electron chi connectivity index (χ4n) is 5.22. The van der Waals surface area contributed by atoms with Gasteiger partial charge in [-0.05, 0) is 42.3 Å². The molecule has 0 spiro atoms. The van der Waals surface area contributed by atoms with Gasteiger partial charge in [-0.25, -0.2) is 0 Å². The lowest BCUT2D eigenvalue weighted by molar-refractivity contribution is -0.143. The van der Waals surface area contributed by atoms with E-state index in [2.05, 4.69) is 0 Å². The van der Waals surface area contributed by atoms with Crippen LogP contribution in [0.3, 0.4) is 0 Å². The number of carbonyl (C=O) groups is 1. The third kappa shape index (κ3) is 9.36. The summed E-state index contributed by atoms with van der Waals surface area (Å²) in [4.78, 5) is 18.3. The summed E-state index contributed by atoms with van der Waals surface area (Å²) in [6.07, 6.45) is -16.7. The summed E-state index contributed by atoms with van der Waals surface area (Å²) in [7, 11) is 0. The first-order valence-electron chi connectivity index (χ1n) is 13.0. The number of alkyl halides is 9. The summed E-state index contributed by atoms with van der Waals surface area (Å²) in [6.45, 7) is 1.62. The molecule has 0 unspecified atom stereocenters. The van der Waals surface area contributed by atoms with Crippen molar-refractivity contribution in [3.63, 3.8) is 0 Å². The van der Waals surface area contributed by atoms with Crippen LogP contribution in [0.4, 0.5) is 39.5 Å². The molecule has 0 saturated carbocycles. The second-order valence-electron chi connectivity index (χ2n) is 10.5. The van der Waals surface area contributed by atoms with Crippen molar-refractivity contribution in [2.24, 2.45) is 0 Å². The number of nitrogens with zero attached hydrogens (tertiary/aromatic N) is 3. The predicted octanol–water partition coefficient (Wildman–Crippen LogP) is 4.99. The zero-order chi connectivity index (χ0) is 31.0. The van der Waals surface area contributed by atoms with Crippen molar-refractivity contribution in [1.82, 2.24) is 14.7 Å².